The van der Waals surface area contributed by atoms with Gasteiger partial charge in [0.2, 0.25) is 0 Å². The molecule has 2 N–H and O–H groups in total. The van der Waals surface area contributed by atoms with Crippen LogP contribution in [0.1, 0.15) is 24.1 Å². The molecule has 0 saturated heterocycles. The van der Waals surface area contributed by atoms with Gasteiger partial charge in [0.05, 0.1) is 10.0 Å². The number of rotatable bonds is 4. The number of halogens is 2. The molecule has 0 radical (unpaired) electrons. The molecule has 2 aromatic carbocycles. The van der Waals surface area contributed by atoms with Crippen LogP contribution in [-0.2, 0) is 6.54 Å². The van der Waals surface area contributed by atoms with Crippen molar-refractivity contribution in [2.45, 2.75) is 19.5 Å². The first-order chi connectivity index (χ1) is 9.06. The minimum absolute atomic E-state index is 0.170. The number of hydrogen-bond donors (Lipinski definition) is 2. The highest BCUT2D eigenvalue weighted by Crippen LogP contribution is 2.25. The third kappa shape index (κ3) is 3.87. The molecule has 4 heteroatoms. The fourth-order valence-corrected chi connectivity index (χ4v) is 2.09. The van der Waals surface area contributed by atoms with E-state index in [4.69, 9.17) is 23.2 Å². The zero-order valence-electron chi connectivity index (χ0n) is 10.5. The zero-order chi connectivity index (χ0) is 13.8. The minimum Gasteiger partial charge on any atom is -0.508 e. The number of hydrogen-bond acceptors (Lipinski definition) is 2. The standard InChI is InChI=1S/C15H15Cl2NO/c1-10(12-4-7-14(16)15(17)8-12)18-9-11-2-5-13(19)6-3-11/h2-8,10,18-19H,9H2,1H3. The molecule has 0 aliphatic heterocycles. The van der Waals surface area contributed by atoms with Crippen LogP contribution in [-0.4, -0.2) is 5.11 Å². The van der Waals surface area contributed by atoms with E-state index in [9.17, 15) is 5.11 Å². The summed E-state index contributed by atoms with van der Waals surface area (Å²) in [6.07, 6.45) is 0. The largest absolute Gasteiger partial charge is 0.508 e. The highest BCUT2D eigenvalue weighted by Gasteiger charge is 2.07. The van der Waals surface area contributed by atoms with Gasteiger partial charge in [-0.3, -0.25) is 0 Å². The van der Waals surface area contributed by atoms with Crippen molar-refractivity contribution < 1.29 is 5.11 Å². The zero-order valence-corrected chi connectivity index (χ0v) is 12.0. The first-order valence-corrected chi connectivity index (χ1v) is 6.78. The summed E-state index contributed by atoms with van der Waals surface area (Å²) in [6.45, 7) is 2.79. The van der Waals surface area contributed by atoms with Crippen LogP contribution >= 0.6 is 23.2 Å². The van der Waals surface area contributed by atoms with E-state index in [1.165, 1.54) is 0 Å². The van der Waals surface area contributed by atoms with Gasteiger partial charge in [-0.15, -0.1) is 0 Å². The second-order valence-electron chi connectivity index (χ2n) is 4.44. The summed E-state index contributed by atoms with van der Waals surface area (Å²) in [5.41, 5.74) is 2.21. The van der Waals surface area contributed by atoms with Crippen molar-refractivity contribution in [3.63, 3.8) is 0 Å². The number of phenols is 1. The smallest absolute Gasteiger partial charge is 0.115 e. The fraction of sp³-hybridized carbons (Fsp3) is 0.200. The summed E-state index contributed by atoms with van der Waals surface area (Å²) in [6, 6.07) is 13.0. The molecule has 2 rings (SSSR count). The van der Waals surface area contributed by atoms with Crippen molar-refractivity contribution in [2.24, 2.45) is 0 Å². The highest BCUT2D eigenvalue weighted by molar-refractivity contribution is 6.42. The second kappa shape index (κ2) is 6.29. The topological polar surface area (TPSA) is 32.3 Å². The van der Waals surface area contributed by atoms with Gasteiger partial charge in [0.1, 0.15) is 5.75 Å². The molecule has 0 aromatic heterocycles. The third-order valence-corrected chi connectivity index (χ3v) is 3.73. The van der Waals surface area contributed by atoms with E-state index >= 15 is 0 Å². The molecule has 0 bridgehead atoms. The van der Waals surface area contributed by atoms with Gasteiger partial charge in [-0.1, -0.05) is 41.4 Å². The van der Waals surface area contributed by atoms with Crippen LogP contribution in [0.5, 0.6) is 5.75 Å². The molecule has 100 valence electrons. The Kier molecular flexibility index (Phi) is 4.70. The maximum absolute atomic E-state index is 9.22. The van der Waals surface area contributed by atoms with E-state index in [0.29, 0.717) is 10.0 Å². The molecule has 2 aromatic rings. The molecule has 0 spiro atoms. The first kappa shape index (κ1) is 14.2. The maximum Gasteiger partial charge on any atom is 0.115 e. The Morgan fingerprint density at radius 2 is 1.74 bits per heavy atom. The Labute approximate surface area is 123 Å². The molecular weight excluding hydrogens is 281 g/mol. The molecule has 0 aliphatic carbocycles. The molecule has 1 unspecified atom stereocenters. The van der Waals surface area contributed by atoms with E-state index in [-0.39, 0.29) is 11.8 Å². The Morgan fingerprint density at radius 3 is 2.37 bits per heavy atom. The molecule has 0 amide bonds. The molecule has 0 aliphatic rings. The van der Waals surface area contributed by atoms with Crippen molar-refractivity contribution in [1.82, 2.24) is 5.32 Å². The fourth-order valence-electron chi connectivity index (χ4n) is 1.78. The minimum atomic E-state index is 0.170. The maximum atomic E-state index is 9.22. The third-order valence-electron chi connectivity index (χ3n) is 2.99. The lowest BCUT2D eigenvalue weighted by Crippen LogP contribution is -2.17. The van der Waals surface area contributed by atoms with Crippen molar-refractivity contribution in [3.05, 3.63) is 63.6 Å². The summed E-state index contributed by atoms with van der Waals surface area (Å²) in [7, 11) is 0. The number of benzene rings is 2. The van der Waals surface area contributed by atoms with Crippen LogP contribution in [0.4, 0.5) is 0 Å². The molecule has 0 heterocycles. The van der Waals surface area contributed by atoms with Gasteiger partial charge < -0.3 is 10.4 Å². The van der Waals surface area contributed by atoms with E-state index < -0.39 is 0 Å². The molecule has 19 heavy (non-hydrogen) atoms. The summed E-state index contributed by atoms with van der Waals surface area (Å²) in [4.78, 5) is 0. The van der Waals surface area contributed by atoms with Crippen LogP contribution in [0.3, 0.4) is 0 Å². The van der Waals surface area contributed by atoms with E-state index in [1.54, 1.807) is 18.2 Å². The SMILES string of the molecule is CC(NCc1ccc(O)cc1)c1ccc(Cl)c(Cl)c1. The molecule has 1 atom stereocenters. The normalized spacial score (nSPS) is 12.4. The molecular formula is C15H15Cl2NO. The van der Waals surface area contributed by atoms with Crippen LogP contribution < -0.4 is 5.32 Å². The lowest BCUT2D eigenvalue weighted by molar-refractivity contribution is 0.474. The monoisotopic (exact) mass is 295 g/mol. The van der Waals surface area contributed by atoms with Gasteiger partial charge in [-0.05, 0) is 42.3 Å². The molecule has 0 fully saturated rings. The van der Waals surface area contributed by atoms with Gasteiger partial charge in [0, 0.05) is 12.6 Å². The molecule has 0 saturated carbocycles. The number of phenolic OH excluding ortho intramolecular Hbond substituents is 1. The van der Waals surface area contributed by atoms with Gasteiger partial charge in [0.15, 0.2) is 0 Å². The van der Waals surface area contributed by atoms with Crippen molar-refractivity contribution in [2.75, 3.05) is 0 Å². The lowest BCUT2D eigenvalue weighted by atomic mass is 10.1. The van der Waals surface area contributed by atoms with Crippen molar-refractivity contribution in [1.29, 1.82) is 0 Å². The highest BCUT2D eigenvalue weighted by atomic mass is 35.5. The summed E-state index contributed by atoms with van der Waals surface area (Å²) < 4.78 is 0. The Hall–Kier alpha value is -1.22. The predicted molar refractivity (Wildman–Crippen MR) is 79.8 cm³/mol. The summed E-state index contributed by atoms with van der Waals surface area (Å²) in [5, 5.41) is 13.8. The van der Waals surface area contributed by atoms with Crippen molar-refractivity contribution >= 4 is 23.2 Å². The van der Waals surface area contributed by atoms with Gasteiger partial charge in [0.25, 0.3) is 0 Å². The van der Waals surface area contributed by atoms with Crippen LogP contribution in [0.2, 0.25) is 10.0 Å². The quantitative estimate of drug-likeness (QED) is 0.867. The Bertz CT molecular complexity index is 555. The van der Waals surface area contributed by atoms with Crippen LogP contribution in [0, 0.1) is 0 Å². The van der Waals surface area contributed by atoms with Gasteiger partial charge in [-0.2, -0.15) is 0 Å². The van der Waals surface area contributed by atoms with Crippen LogP contribution in [0.25, 0.3) is 0 Å². The van der Waals surface area contributed by atoms with E-state index in [2.05, 4.69) is 12.2 Å². The van der Waals surface area contributed by atoms with Gasteiger partial charge in [-0.25, -0.2) is 0 Å². The number of aromatic hydroxyl groups is 1. The molecule has 2 nitrogen and oxygen atoms in total. The average molecular weight is 296 g/mol. The number of nitrogens with one attached hydrogen (secondary N) is 1. The predicted octanol–water partition coefficient (Wildman–Crippen LogP) is 4.55. The Morgan fingerprint density at radius 1 is 1.05 bits per heavy atom. The lowest BCUT2D eigenvalue weighted by Gasteiger charge is -2.15. The van der Waals surface area contributed by atoms with E-state index in [0.717, 1.165) is 17.7 Å². The second-order valence-corrected chi connectivity index (χ2v) is 5.26. The average Bonchev–Trinajstić information content (AvgIpc) is 2.41. The summed E-state index contributed by atoms with van der Waals surface area (Å²) in [5.74, 6) is 0.279. The van der Waals surface area contributed by atoms with Gasteiger partial charge >= 0.3 is 0 Å². The van der Waals surface area contributed by atoms with Crippen LogP contribution in [0.15, 0.2) is 42.5 Å². The van der Waals surface area contributed by atoms with E-state index in [1.807, 2.05) is 24.3 Å². The Balaban J connectivity index is 1.98. The first-order valence-electron chi connectivity index (χ1n) is 6.02. The summed E-state index contributed by atoms with van der Waals surface area (Å²) >= 11 is 11.9. The van der Waals surface area contributed by atoms with Crippen molar-refractivity contribution in [3.8, 4) is 5.75 Å².